The van der Waals surface area contributed by atoms with Gasteiger partial charge in [-0.1, -0.05) is 20.8 Å². The SMILES string of the molecule is CC(C)NC(C)(CC(C)N(C)CC(C)(C)C)C(N)=O. The summed E-state index contributed by atoms with van der Waals surface area (Å²) >= 11 is 0. The van der Waals surface area contributed by atoms with E-state index >= 15 is 0 Å². The Hall–Kier alpha value is -0.610. The molecule has 114 valence electrons. The van der Waals surface area contributed by atoms with Gasteiger partial charge in [-0.25, -0.2) is 0 Å². The smallest absolute Gasteiger partial charge is 0.237 e. The lowest BCUT2D eigenvalue weighted by molar-refractivity contribution is -0.124. The number of nitrogens with two attached hydrogens (primary N) is 1. The Morgan fingerprint density at radius 1 is 1.21 bits per heavy atom. The van der Waals surface area contributed by atoms with E-state index in [0.29, 0.717) is 12.5 Å². The zero-order valence-electron chi connectivity index (χ0n) is 14.0. The van der Waals surface area contributed by atoms with E-state index in [-0.39, 0.29) is 17.4 Å². The van der Waals surface area contributed by atoms with Crippen molar-refractivity contribution in [3.8, 4) is 0 Å². The molecule has 19 heavy (non-hydrogen) atoms. The molecule has 0 rings (SSSR count). The van der Waals surface area contributed by atoms with E-state index in [1.807, 2.05) is 20.8 Å². The molecule has 0 fully saturated rings. The second kappa shape index (κ2) is 6.71. The summed E-state index contributed by atoms with van der Waals surface area (Å²) in [6.07, 6.45) is 0.715. The fourth-order valence-corrected chi connectivity index (χ4v) is 2.52. The summed E-state index contributed by atoms with van der Waals surface area (Å²) < 4.78 is 0. The fourth-order valence-electron chi connectivity index (χ4n) is 2.52. The normalized spacial score (nSPS) is 17.6. The minimum atomic E-state index is -0.653. The van der Waals surface area contributed by atoms with E-state index in [1.54, 1.807) is 0 Å². The zero-order valence-corrected chi connectivity index (χ0v) is 14.0. The van der Waals surface area contributed by atoms with Crippen molar-refractivity contribution in [1.29, 1.82) is 0 Å². The van der Waals surface area contributed by atoms with Gasteiger partial charge >= 0.3 is 0 Å². The van der Waals surface area contributed by atoms with E-state index < -0.39 is 5.54 Å². The third-order valence-corrected chi connectivity index (χ3v) is 3.33. The van der Waals surface area contributed by atoms with Crippen LogP contribution in [0.15, 0.2) is 0 Å². The van der Waals surface area contributed by atoms with Gasteiger partial charge in [0.05, 0.1) is 5.54 Å². The first-order valence-corrected chi connectivity index (χ1v) is 7.15. The molecule has 0 aromatic heterocycles. The van der Waals surface area contributed by atoms with Gasteiger partial charge in [0.2, 0.25) is 5.91 Å². The summed E-state index contributed by atoms with van der Waals surface area (Å²) in [7, 11) is 2.10. The largest absolute Gasteiger partial charge is 0.368 e. The first-order valence-electron chi connectivity index (χ1n) is 7.15. The molecule has 0 aliphatic heterocycles. The molecule has 0 bridgehead atoms. The number of carbonyl (C=O) groups excluding carboxylic acids is 1. The molecular weight excluding hydrogens is 238 g/mol. The molecule has 0 saturated carbocycles. The molecule has 1 amide bonds. The van der Waals surface area contributed by atoms with Gasteiger partial charge in [-0.15, -0.1) is 0 Å². The van der Waals surface area contributed by atoms with Gasteiger partial charge in [0, 0.05) is 18.6 Å². The van der Waals surface area contributed by atoms with Crippen molar-refractivity contribution in [2.45, 2.75) is 72.5 Å². The summed E-state index contributed by atoms with van der Waals surface area (Å²) in [4.78, 5) is 14.0. The van der Waals surface area contributed by atoms with Crippen LogP contribution in [0.5, 0.6) is 0 Å². The quantitative estimate of drug-likeness (QED) is 0.744. The van der Waals surface area contributed by atoms with Crippen LogP contribution in [0.25, 0.3) is 0 Å². The Labute approximate surface area is 119 Å². The van der Waals surface area contributed by atoms with Crippen LogP contribution in [-0.2, 0) is 4.79 Å². The maximum atomic E-state index is 11.7. The van der Waals surface area contributed by atoms with E-state index in [2.05, 4.69) is 45.0 Å². The lowest BCUT2D eigenvalue weighted by atomic mass is 9.89. The predicted molar refractivity (Wildman–Crippen MR) is 82.0 cm³/mol. The lowest BCUT2D eigenvalue weighted by Crippen LogP contribution is -2.58. The minimum Gasteiger partial charge on any atom is -0.368 e. The molecule has 0 saturated heterocycles. The molecule has 0 spiro atoms. The molecule has 2 unspecified atom stereocenters. The Morgan fingerprint density at radius 3 is 2.00 bits per heavy atom. The van der Waals surface area contributed by atoms with Gasteiger partial charge in [-0.3, -0.25) is 4.79 Å². The maximum absolute atomic E-state index is 11.7. The molecule has 0 aliphatic carbocycles. The van der Waals surface area contributed by atoms with Gasteiger partial charge < -0.3 is 16.0 Å². The Morgan fingerprint density at radius 2 is 1.68 bits per heavy atom. The van der Waals surface area contributed by atoms with Crippen LogP contribution >= 0.6 is 0 Å². The highest BCUT2D eigenvalue weighted by molar-refractivity contribution is 5.84. The minimum absolute atomic E-state index is 0.234. The van der Waals surface area contributed by atoms with Crippen LogP contribution in [0.1, 0.15) is 54.9 Å². The molecule has 2 atom stereocenters. The highest BCUT2D eigenvalue weighted by Crippen LogP contribution is 2.20. The van der Waals surface area contributed by atoms with E-state index in [0.717, 1.165) is 6.54 Å². The third kappa shape index (κ3) is 6.92. The number of nitrogens with one attached hydrogen (secondary N) is 1. The van der Waals surface area contributed by atoms with Crippen LogP contribution in [0.4, 0.5) is 0 Å². The van der Waals surface area contributed by atoms with Crippen LogP contribution in [0, 0.1) is 5.41 Å². The molecule has 0 aromatic carbocycles. The van der Waals surface area contributed by atoms with E-state index in [4.69, 9.17) is 5.73 Å². The molecule has 0 radical (unpaired) electrons. The van der Waals surface area contributed by atoms with Crippen LogP contribution in [0.3, 0.4) is 0 Å². The molecule has 0 aliphatic rings. The molecule has 4 nitrogen and oxygen atoms in total. The molecule has 3 N–H and O–H groups in total. The Bertz CT molecular complexity index is 296. The highest BCUT2D eigenvalue weighted by atomic mass is 16.1. The van der Waals surface area contributed by atoms with Crippen molar-refractivity contribution >= 4 is 5.91 Å². The third-order valence-electron chi connectivity index (χ3n) is 3.33. The number of hydrogen-bond acceptors (Lipinski definition) is 3. The first-order chi connectivity index (χ1) is 8.37. The summed E-state index contributed by atoms with van der Waals surface area (Å²) in [5.74, 6) is -0.280. The number of rotatable bonds is 7. The fraction of sp³-hybridized carbons (Fsp3) is 0.933. The topological polar surface area (TPSA) is 58.4 Å². The van der Waals surface area contributed by atoms with E-state index in [9.17, 15) is 4.79 Å². The number of carbonyl (C=O) groups is 1. The highest BCUT2D eigenvalue weighted by Gasteiger charge is 2.34. The lowest BCUT2D eigenvalue weighted by Gasteiger charge is -2.37. The van der Waals surface area contributed by atoms with Crippen molar-refractivity contribution in [2.75, 3.05) is 13.6 Å². The zero-order chi connectivity index (χ0) is 15.4. The summed E-state index contributed by atoms with van der Waals surface area (Å²) in [5.41, 5.74) is 5.17. The second-order valence-corrected chi connectivity index (χ2v) is 7.52. The van der Waals surface area contributed by atoms with Crippen molar-refractivity contribution < 1.29 is 4.79 Å². The van der Waals surface area contributed by atoms with Gasteiger partial charge in [0.25, 0.3) is 0 Å². The summed E-state index contributed by atoms with van der Waals surface area (Å²) in [6.45, 7) is 15.8. The standard InChI is InChI=1S/C15H33N3O/c1-11(2)17-15(7,13(16)19)9-12(3)18(8)10-14(4,5)6/h11-12,17H,9-10H2,1-8H3,(H2,16,19). The molecule has 0 aromatic rings. The second-order valence-electron chi connectivity index (χ2n) is 7.52. The van der Waals surface area contributed by atoms with E-state index in [1.165, 1.54) is 0 Å². The van der Waals surface area contributed by atoms with Crippen LogP contribution in [0.2, 0.25) is 0 Å². The molecule has 4 heteroatoms. The predicted octanol–water partition coefficient (Wildman–Crippen LogP) is 1.98. The number of nitrogens with zero attached hydrogens (tertiary/aromatic N) is 1. The monoisotopic (exact) mass is 271 g/mol. The number of primary amides is 1. The average Bonchev–Trinajstić information content (AvgIpc) is 2.12. The van der Waals surface area contributed by atoms with Crippen molar-refractivity contribution in [3.63, 3.8) is 0 Å². The Balaban J connectivity index is 4.72. The average molecular weight is 271 g/mol. The summed E-state index contributed by atoms with van der Waals surface area (Å²) in [6, 6.07) is 0.528. The van der Waals surface area contributed by atoms with Gasteiger partial charge in [-0.05, 0) is 46.6 Å². The van der Waals surface area contributed by atoms with Crippen molar-refractivity contribution in [2.24, 2.45) is 11.1 Å². The number of hydrogen-bond donors (Lipinski definition) is 2. The summed E-state index contributed by atoms with van der Waals surface area (Å²) in [5, 5.41) is 3.30. The van der Waals surface area contributed by atoms with Gasteiger partial charge in [0.15, 0.2) is 0 Å². The van der Waals surface area contributed by atoms with Crippen molar-refractivity contribution in [1.82, 2.24) is 10.2 Å². The Kier molecular flexibility index (Phi) is 6.49. The van der Waals surface area contributed by atoms with Crippen LogP contribution < -0.4 is 11.1 Å². The first kappa shape index (κ1) is 18.4. The van der Waals surface area contributed by atoms with Gasteiger partial charge in [-0.2, -0.15) is 0 Å². The number of amides is 1. The molecular formula is C15H33N3O. The van der Waals surface area contributed by atoms with Gasteiger partial charge in [0.1, 0.15) is 0 Å². The van der Waals surface area contributed by atoms with Crippen LogP contribution in [-0.4, -0.2) is 42.0 Å². The maximum Gasteiger partial charge on any atom is 0.237 e. The van der Waals surface area contributed by atoms with Crippen molar-refractivity contribution in [3.05, 3.63) is 0 Å². The molecule has 0 heterocycles.